The van der Waals surface area contributed by atoms with Crippen molar-refractivity contribution in [3.63, 3.8) is 0 Å². The summed E-state index contributed by atoms with van der Waals surface area (Å²) in [6.45, 7) is 5.25. The van der Waals surface area contributed by atoms with Gasteiger partial charge in [0.05, 0.1) is 12.1 Å². The molecule has 0 aliphatic carbocycles. The highest BCUT2D eigenvalue weighted by Crippen LogP contribution is 2.17. The third kappa shape index (κ3) is 5.95. The minimum Gasteiger partial charge on any atom is -0.452 e. The lowest BCUT2D eigenvalue weighted by atomic mass is 10.1. The molecule has 0 atom stereocenters. The van der Waals surface area contributed by atoms with Crippen molar-refractivity contribution in [3.05, 3.63) is 64.7 Å². The molecule has 142 valence electrons. The van der Waals surface area contributed by atoms with Gasteiger partial charge in [0.1, 0.15) is 0 Å². The van der Waals surface area contributed by atoms with E-state index in [4.69, 9.17) is 4.74 Å². The number of rotatable bonds is 7. The Hall–Kier alpha value is -3.15. The molecule has 0 bridgehead atoms. The predicted molar refractivity (Wildman–Crippen MR) is 104 cm³/mol. The number of anilines is 1. The number of esters is 1. The van der Waals surface area contributed by atoms with Gasteiger partial charge in [-0.3, -0.25) is 9.59 Å². The van der Waals surface area contributed by atoms with Crippen molar-refractivity contribution in [3.8, 4) is 0 Å². The number of ether oxygens (including phenoxy) is 1. The fourth-order valence-corrected chi connectivity index (χ4v) is 2.40. The van der Waals surface area contributed by atoms with E-state index in [2.05, 4.69) is 10.6 Å². The zero-order chi connectivity index (χ0) is 19.8. The molecule has 2 rings (SSSR count). The number of carbonyl (C=O) groups is 3. The average Bonchev–Trinajstić information content (AvgIpc) is 2.68. The van der Waals surface area contributed by atoms with Gasteiger partial charge in [-0.05, 0) is 55.2 Å². The second-order valence-corrected chi connectivity index (χ2v) is 6.20. The Morgan fingerprint density at radius 2 is 1.67 bits per heavy atom. The summed E-state index contributed by atoms with van der Waals surface area (Å²) in [5.74, 6) is -1.46. The van der Waals surface area contributed by atoms with Crippen LogP contribution in [0.2, 0.25) is 0 Å². The van der Waals surface area contributed by atoms with Crippen LogP contribution in [0.3, 0.4) is 0 Å². The average molecular weight is 368 g/mol. The lowest BCUT2D eigenvalue weighted by Gasteiger charge is -2.11. The summed E-state index contributed by atoms with van der Waals surface area (Å²) in [5, 5.41) is 5.18. The Kier molecular flexibility index (Phi) is 7.11. The van der Waals surface area contributed by atoms with Crippen LogP contribution in [-0.2, 0) is 20.7 Å². The summed E-state index contributed by atoms with van der Waals surface area (Å²) in [6, 6.07) is 12.6. The monoisotopic (exact) mass is 368 g/mol. The number of benzene rings is 2. The van der Waals surface area contributed by atoms with E-state index in [9.17, 15) is 14.4 Å². The zero-order valence-electron chi connectivity index (χ0n) is 15.8. The van der Waals surface area contributed by atoms with Crippen LogP contribution in [0.25, 0.3) is 0 Å². The number of hydrogen-bond acceptors (Lipinski definition) is 4. The predicted octanol–water partition coefficient (Wildman–Crippen LogP) is 2.78. The maximum atomic E-state index is 12.0. The molecule has 2 N–H and O–H groups in total. The molecule has 0 radical (unpaired) electrons. The molecule has 0 saturated heterocycles. The van der Waals surface area contributed by atoms with Crippen molar-refractivity contribution >= 4 is 23.5 Å². The number of hydrogen-bond donors (Lipinski definition) is 2. The second kappa shape index (κ2) is 9.52. The minimum absolute atomic E-state index is 0.199. The third-order valence-corrected chi connectivity index (χ3v) is 4.26. The lowest BCUT2D eigenvalue weighted by Crippen LogP contribution is -2.35. The van der Waals surface area contributed by atoms with E-state index in [1.54, 1.807) is 18.2 Å². The first-order chi connectivity index (χ1) is 12.9. The van der Waals surface area contributed by atoms with E-state index in [1.807, 2.05) is 45.0 Å². The Labute approximate surface area is 158 Å². The maximum Gasteiger partial charge on any atom is 0.338 e. The fourth-order valence-electron chi connectivity index (χ4n) is 2.40. The Bertz CT molecular complexity index is 829. The maximum absolute atomic E-state index is 12.0. The standard InChI is InChI=1S/C21H24N2O4/c1-4-16-8-10-17(11-9-16)21(26)27-13-20(25)22-12-19(24)23-18-7-5-6-14(2)15(18)3/h5-11H,4,12-13H2,1-3H3,(H,22,25)(H,23,24). The first-order valence-electron chi connectivity index (χ1n) is 8.79. The largest absolute Gasteiger partial charge is 0.452 e. The quantitative estimate of drug-likeness (QED) is 0.736. The van der Waals surface area contributed by atoms with E-state index >= 15 is 0 Å². The molecule has 0 spiro atoms. The third-order valence-electron chi connectivity index (χ3n) is 4.26. The molecule has 0 saturated carbocycles. The summed E-state index contributed by atoms with van der Waals surface area (Å²) in [4.78, 5) is 35.7. The van der Waals surface area contributed by atoms with E-state index < -0.39 is 18.5 Å². The van der Waals surface area contributed by atoms with Gasteiger partial charge in [-0.25, -0.2) is 4.79 Å². The Balaban J connectivity index is 1.75. The summed E-state index contributed by atoms with van der Waals surface area (Å²) < 4.78 is 4.97. The van der Waals surface area contributed by atoms with Gasteiger partial charge < -0.3 is 15.4 Å². The second-order valence-electron chi connectivity index (χ2n) is 6.20. The van der Waals surface area contributed by atoms with Crippen LogP contribution in [0.1, 0.15) is 34.0 Å². The van der Waals surface area contributed by atoms with Crippen LogP contribution in [0, 0.1) is 13.8 Å². The van der Waals surface area contributed by atoms with Gasteiger partial charge >= 0.3 is 5.97 Å². The smallest absolute Gasteiger partial charge is 0.338 e. The fraction of sp³-hybridized carbons (Fsp3) is 0.286. The van der Waals surface area contributed by atoms with Crippen LogP contribution in [0.15, 0.2) is 42.5 Å². The summed E-state index contributed by atoms with van der Waals surface area (Å²) >= 11 is 0. The van der Waals surface area contributed by atoms with Crippen molar-refractivity contribution in [1.82, 2.24) is 5.32 Å². The van der Waals surface area contributed by atoms with E-state index in [-0.39, 0.29) is 12.5 Å². The first-order valence-corrected chi connectivity index (χ1v) is 8.79. The van der Waals surface area contributed by atoms with E-state index in [0.29, 0.717) is 11.3 Å². The lowest BCUT2D eigenvalue weighted by molar-refractivity contribution is -0.126. The van der Waals surface area contributed by atoms with Crippen molar-refractivity contribution in [2.75, 3.05) is 18.5 Å². The van der Waals surface area contributed by atoms with Crippen LogP contribution in [-0.4, -0.2) is 30.9 Å². The van der Waals surface area contributed by atoms with Gasteiger partial charge in [0.25, 0.3) is 5.91 Å². The molecule has 0 aromatic heterocycles. The summed E-state index contributed by atoms with van der Waals surface area (Å²) in [7, 11) is 0. The molecule has 0 unspecified atom stereocenters. The Morgan fingerprint density at radius 1 is 0.963 bits per heavy atom. The molecule has 6 heteroatoms. The molecular formula is C21H24N2O4. The zero-order valence-corrected chi connectivity index (χ0v) is 15.8. The van der Waals surface area contributed by atoms with Crippen LogP contribution < -0.4 is 10.6 Å². The number of aryl methyl sites for hydroxylation is 2. The molecule has 27 heavy (non-hydrogen) atoms. The number of carbonyl (C=O) groups excluding carboxylic acids is 3. The summed E-state index contributed by atoms with van der Waals surface area (Å²) in [5.41, 5.74) is 4.24. The molecule has 2 aromatic rings. The Morgan fingerprint density at radius 3 is 2.33 bits per heavy atom. The van der Waals surface area contributed by atoms with Crippen molar-refractivity contribution in [1.29, 1.82) is 0 Å². The van der Waals surface area contributed by atoms with Crippen LogP contribution >= 0.6 is 0 Å². The topological polar surface area (TPSA) is 84.5 Å². The molecule has 6 nitrogen and oxygen atoms in total. The minimum atomic E-state index is -0.576. The first kappa shape index (κ1) is 20.2. The van der Waals surface area contributed by atoms with E-state index in [0.717, 1.165) is 23.1 Å². The number of nitrogens with one attached hydrogen (secondary N) is 2. The van der Waals surface area contributed by atoms with Crippen molar-refractivity contribution in [2.45, 2.75) is 27.2 Å². The van der Waals surface area contributed by atoms with Gasteiger partial charge in [-0.2, -0.15) is 0 Å². The van der Waals surface area contributed by atoms with E-state index in [1.165, 1.54) is 0 Å². The van der Waals surface area contributed by atoms with Gasteiger partial charge in [-0.15, -0.1) is 0 Å². The molecule has 2 aromatic carbocycles. The molecule has 0 aliphatic rings. The molecule has 2 amide bonds. The van der Waals surface area contributed by atoms with Gasteiger partial charge in [-0.1, -0.05) is 31.2 Å². The van der Waals surface area contributed by atoms with Crippen molar-refractivity contribution in [2.24, 2.45) is 0 Å². The summed E-state index contributed by atoms with van der Waals surface area (Å²) in [6.07, 6.45) is 0.877. The van der Waals surface area contributed by atoms with Crippen LogP contribution in [0.4, 0.5) is 5.69 Å². The van der Waals surface area contributed by atoms with Crippen molar-refractivity contribution < 1.29 is 19.1 Å². The highest BCUT2D eigenvalue weighted by Gasteiger charge is 2.12. The highest BCUT2D eigenvalue weighted by atomic mass is 16.5. The molecule has 0 aliphatic heterocycles. The SMILES string of the molecule is CCc1ccc(C(=O)OCC(=O)NCC(=O)Nc2cccc(C)c2C)cc1. The highest BCUT2D eigenvalue weighted by molar-refractivity contribution is 5.96. The van der Waals surface area contributed by atoms with Gasteiger partial charge in [0, 0.05) is 5.69 Å². The molecular weight excluding hydrogens is 344 g/mol. The molecule has 0 fully saturated rings. The van der Waals surface area contributed by atoms with Crippen LogP contribution in [0.5, 0.6) is 0 Å². The van der Waals surface area contributed by atoms with Gasteiger partial charge in [0.2, 0.25) is 5.91 Å². The number of amides is 2. The molecule has 0 heterocycles. The normalized spacial score (nSPS) is 10.2. The van der Waals surface area contributed by atoms with Gasteiger partial charge in [0.15, 0.2) is 6.61 Å².